The number of aromatic nitrogens is 1. The standard InChI is InChI=1S/C31H32FNO2/c1-18(2)28-27(23-13-15-26(32)20(4)17-23)24-14-8-19(3)16-25(24)29(33-28)21-9-11-22(12-10-21)30(34)35-31(5,6)7/h8-18H,1-7H3. The van der Waals surface area contributed by atoms with E-state index in [0.717, 1.165) is 44.4 Å². The van der Waals surface area contributed by atoms with Crippen molar-refractivity contribution in [3.8, 4) is 22.4 Å². The lowest BCUT2D eigenvalue weighted by molar-refractivity contribution is 0.00695. The summed E-state index contributed by atoms with van der Waals surface area (Å²) < 4.78 is 19.6. The highest BCUT2D eigenvalue weighted by Crippen LogP contribution is 2.40. The molecular weight excluding hydrogens is 437 g/mol. The highest BCUT2D eigenvalue weighted by atomic mass is 19.1. The van der Waals surface area contributed by atoms with Gasteiger partial charge in [-0.25, -0.2) is 9.18 Å². The van der Waals surface area contributed by atoms with Crippen molar-refractivity contribution in [1.29, 1.82) is 0 Å². The lowest BCUT2D eigenvalue weighted by Gasteiger charge is -2.20. The van der Waals surface area contributed by atoms with Gasteiger partial charge in [0, 0.05) is 16.5 Å². The van der Waals surface area contributed by atoms with E-state index in [9.17, 15) is 9.18 Å². The van der Waals surface area contributed by atoms with Gasteiger partial charge >= 0.3 is 5.97 Å². The number of pyridine rings is 1. The third-order valence-corrected chi connectivity index (χ3v) is 5.97. The fourth-order valence-electron chi connectivity index (χ4n) is 4.29. The van der Waals surface area contributed by atoms with Crippen molar-refractivity contribution >= 4 is 16.7 Å². The van der Waals surface area contributed by atoms with Crippen LogP contribution in [-0.2, 0) is 4.74 Å². The van der Waals surface area contributed by atoms with Crippen molar-refractivity contribution in [3.63, 3.8) is 0 Å². The molecule has 0 fully saturated rings. The van der Waals surface area contributed by atoms with Crippen LogP contribution in [0.5, 0.6) is 0 Å². The number of aryl methyl sites for hydroxylation is 2. The number of hydrogen-bond acceptors (Lipinski definition) is 3. The second-order valence-electron chi connectivity index (χ2n) is 10.5. The average Bonchev–Trinajstić information content (AvgIpc) is 2.78. The van der Waals surface area contributed by atoms with Gasteiger partial charge in [0.25, 0.3) is 0 Å². The number of ether oxygens (including phenoxy) is 1. The van der Waals surface area contributed by atoms with E-state index < -0.39 is 5.60 Å². The summed E-state index contributed by atoms with van der Waals surface area (Å²) in [4.78, 5) is 17.7. The van der Waals surface area contributed by atoms with Crippen LogP contribution >= 0.6 is 0 Å². The summed E-state index contributed by atoms with van der Waals surface area (Å²) in [6.45, 7) is 13.7. The molecule has 4 rings (SSSR count). The predicted octanol–water partition coefficient (Wildman–Crippen LogP) is 8.40. The van der Waals surface area contributed by atoms with E-state index in [1.807, 2.05) is 45.0 Å². The maximum Gasteiger partial charge on any atom is 0.338 e. The Kier molecular flexibility index (Phi) is 6.50. The van der Waals surface area contributed by atoms with Gasteiger partial charge in [-0.3, -0.25) is 4.98 Å². The van der Waals surface area contributed by atoms with Crippen LogP contribution in [0.1, 0.15) is 67.7 Å². The van der Waals surface area contributed by atoms with Gasteiger partial charge in [-0.05, 0) is 87.4 Å². The van der Waals surface area contributed by atoms with Gasteiger partial charge < -0.3 is 4.74 Å². The topological polar surface area (TPSA) is 39.2 Å². The van der Waals surface area contributed by atoms with E-state index in [1.54, 1.807) is 19.1 Å². The Morgan fingerprint density at radius 3 is 2.14 bits per heavy atom. The van der Waals surface area contributed by atoms with Crippen LogP contribution in [-0.4, -0.2) is 16.6 Å². The van der Waals surface area contributed by atoms with Crippen molar-refractivity contribution in [1.82, 2.24) is 4.98 Å². The number of halogens is 1. The molecule has 3 aromatic carbocycles. The van der Waals surface area contributed by atoms with Gasteiger partial charge in [0.15, 0.2) is 0 Å². The molecule has 1 heterocycles. The molecule has 1 aromatic heterocycles. The number of carbonyl (C=O) groups excluding carboxylic acids is 1. The van der Waals surface area contributed by atoms with Gasteiger partial charge in [0.2, 0.25) is 0 Å². The summed E-state index contributed by atoms with van der Waals surface area (Å²) in [7, 11) is 0. The van der Waals surface area contributed by atoms with Crippen LogP contribution in [0.15, 0.2) is 60.7 Å². The van der Waals surface area contributed by atoms with Crippen molar-refractivity contribution in [2.45, 2.75) is 60.0 Å². The third-order valence-electron chi connectivity index (χ3n) is 5.97. The lowest BCUT2D eigenvalue weighted by atomic mass is 9.89. The first-order valence-electron chi connectivity index (χ1n) is 12.0. The zero-order valence-electron chi connectivity index (χ0n) is 21.5. The van der Waals surface area contributed by atoms with Crippen LogP contribution in [0, 0.1) is 19.7 Å². The van der Waals surface area contributed by atoms with E-state index in [0.29, 0.717) is 11.1 Å². The van der Waals surface area contributed by atoms with Gasteiger partial charge in [0.05, 0.1) is 17.0 Å². The second-order valence-corrected chi connectivity index (χ2v) is 10.5. The zero-order chi connectivity index (χ0) is 25.5. The second kappa shape index (κ2) is 9.26. The minimum absolute atomic E-state index is 0.154. The van der Waals surface area contributed by atoms with E-state index >= 15 is 0 Å². The summed E-state index contributed by atoms with van der Waals surface area (Å²) in [6.07, 6.45) is 0. The molecule has 0 bridgehead atoms. The van der Waals surface area contributed by atoms with Gasteiger partial charge in [-0.1, -0.05) is 49.7 Å². The van der Waals surface area contributed by atoms with Crippen molar-refractivity contribution in [2.75, 3.05) is 0 Å². The lowest BCUT2D eigenvalue weighted by Crippen LogP contribution is -2.23. The Hall–Kier alpha value is -3.53. The van der Waals surface area contributed by atoms with E-state index in [1.165, 1.54) is 6.07 Å². The van der Waals surface area contributed by atoms with Crippen LogP contribution in [0.2, 0.25) is 0 Å². The van der Waals surface area contributed by atoms with E-state index in [2.05, 4.69) is 39.0 Å². The number of benzene rings is 3. The average molecular weight is 470 g/mol. The fraction of sp³-hybridized carbons (Fsp3) is 0.290. The highest BCUT2D eigenvalue weighted by molar-refractivity contribution is 6.05. The SMILES string of the molecule is Cc1ccc2c(-c3ccc(F)c(C)c3)c(C(C)C)nc(-c3ccc(C(=O)OC(C)(C)C)cc3)c2c1. The van der Waals surface area contributed by atoms with Crippen LogP contribution in [0.4, 0.5) is 4.39 Å². The van der Waals surface area contributed by atoms with Gasteiger partial charge in [0.1, 0.15) is 11.4 Å². The molecule has 0 aliphatic rings. The molecular formula is C31H32FNO2. The molecule has 0 saturated heterocycles. The maximum atomic E-state index is 14.1. The largest absolute Gasteiger partial charge is 0.456 e. The number of esters is 1. The highest BCUT2D eigenvalue weighted by Gasteiger charge is 2.21. The Morgan fingerprint density at radius 1 is 0.886 bits per heavy atom. The number of carbonyl (C=O) groups is 1. The Balaban J connectivity index is 1.92. The summed E-state index contributed by atoms with van der Waals surface area (Å²) in [5.74, 6) is -0.405. The maximum absolute atomic E-state index is 14.1. The summed E-state index contributed by atoms with van der Waals surface area (Å²) in [5.41, 5.74) is 6.44. The molecule has 0 N–H and O–H groups in total. The Labute approximate surface area is 207 Å². The number of rotatable bonds is 4. The van der Waals surface area contributed by atoms with E-state index in [-0.39, 0.29) is 17.7 Å². The smallest absolute Gasteiger partial charge is 0.338 e. The van der Waals surface area contributed by atoms with Gasteiger partial charge in [-0.15, -0.1) is 0 Å². The first kappa shape index (κ1) is 24.6. The third kappa shape index (κ3) is 5.12. The van der Waals surface area contributed by atoms with Crippen LogP contribution in [0.3, 0.4) is 0 Å². The molecule has 0 radical (unpaired) electrons. The fourth-order valence-corrected chi connectivity index (χ4v) is 4.29. The number of nitrogens with zero attached hydrogens (tertiary/aromatic N) is 1. The monoisotopic (exact) mass is 469 g/mol. The normalized spacial score (nSPS) is 11.8. The molecule has 0 unspecified atom stereocenters. The van der Waals surface area contributed by atoms with Crippen molar-refractivity contribution in [2.24, 2.45) is 0 Å². The minimum atomic E-state index is -0.550. The summed E-state index contributed by atoms with van der Waals surface area (Å²) in [6, 6.07) is 19.1. The summed E-state index contributed by atoms with van der Waals surface area (Å²) in [5, 5.41) is 2.10. The van der Waals surface area contributed by atoms with Crippen LogP contribution < -0.4 is 0 Å². The minimum Gasteiger partial charge on any atom is -0.456 e. The summed E-state index contributed by atoms with van der Waals surface area (Å²) >= 11 is 0. The molecule has 0 amide bonds. The molecule has 0 aliphatic carbocycles. The number of fused-ring (bicyclic) bond motifs is 1. The molecule has 0 aliphatic heterocycles. The first-order chi connectivity index (χ1) is 16.4. The zero-order valence-corrected chi connectivity index (χ0v) is 21.5. The van der Waals surface area contributed by atoms with E-state index in [4.69, 9.17) is 9.72 Å². The first-order valence-corrected chi connectivity index (χ1v) is 12.0. The quantitative estimate of drug-likeness (QED) is 0.282. The predicted molar refractivity (Wildman–Crippen MR) is 141 cm³/mol. The molecule has 0 atom stereocenters. The molecule has 4 heteroatoms. The molecule has 180 valence electrons. The molecule has 0 saturated carbocycles. The molecule has 0 spiro atoms. The number of hydrogen-bond donors (Lipinski definition) is 0. The van der Waals surface area contributed by atoms with Crippen molar-refractivity contribution < 1.29 is 13.9 Å². The molecule has 35 heavy (non-hydrogen) atoms. The van der Waals surface area contributed by atoms with Crippen LogP contribution in [0.25, 0.3) is 33.2 Å². The Bertz CT molecular complexity index is 1410. The molecule has 4 aromatic rings. The van der Waals surface area contributed by atoms with Gasteiger partial charge in [-0.2, -0.15) is 0 Å². The molecule has 3 nitrogen and oxygen atoms in total. The Morgan fingerprint density at radius 2 is 1.54 bits per heavy atom. The van der Waals surface area contributed by atoms with Crippen molar-refractivity contribution in [3.05, 3.63) is 88.9 Å².